The lowest BCUT2D eigenvalue weighted by atomic mass is 9.76. The van der Waals surface area contributed by atoms with Crippen LogP contribution in [0.2, 0.25) is 5.02 Å². The molecule has 0 bridgehead atoms. The molecule has 44 heavy (non-hydrogen) atoms. The van der Waals surface area contributed by atoms with E-state index in [1.807, 2.05) is 36.9 Å². The molecule has 2 atom stereocenters. The van der Waals surface area contributed by atoms with Crippen molar-refractivity contribution in [2.75, 3.05) is 36.9 Å². The van der Waals surface area contributed by atoms with Gasteiger partial charge in [-0.25, -0.2) is 0 Å². The maximum atomic E-state index is 14.7. The summed E-state index contributed by atoms with van der Waals surface area (Å²) in [5.74, 6) is -0.144. The van der Waals surface area contributed by atoms with E-state index < -0.39 is 12.3 Å². The van der Waals surface area contributed by atoms with E-state index in [4.69, 9.17) is 26.8 Å². The van der Waals surface area contributed by atoms with Crippen LogP contribution in [-0.2, 0) is 9.53 Å². The van der Waals surface area contributed by atoms with E-state index in [-0.39, 0.29) is 40.7 Å². The van der Waals surface area contributed by atoms with Crippen molar-refractivity contribution in [1.29, 1.82) is 0 Å². The zero-order chi connectivity index (χ0) is 31.6. The number of hydrogen-bond acceptors (Lipinski definition) is 8. The zero-order valence-corrected chi connectivity index (χ0v) is 25.7. The highest BCUT2D eigenvalue weighted by molar-refractivity contribution is 6.30. The number of esters is 1. The van der Waals surface area contributed by atoms with Gasteiger partial charge < -0.3 is 25.4 Å². The maximum Gasteiger partial charge on any atom is 0.429 e. The van der Waals surface area contributed by atoms with E-state index in [0.717, 1.165) is 18.4 Å². The summed E-state index contributed by atoms with van der Waals surface area (Å²) in [5.41, 5.74) is 7.73. The molecule has 2 aliphatic rings. The zero-order valence-electron chi connectivity index (χ0n) is 25.0. The van der Waals surface area contributed by atoms with E-state index in [1.54, 1.807) is 13.0 Å². The van der Waals surface area contributed by atoms with E-state index in [2.05, 4.69) is 15.3 Å². The van der Waals surface area contributed by atoms with Crippen LogP contribution in [0.4, 0.5) is 24.9 Å². The quantitative estimate of drug-likeness (QED) is 0.265. The van der Waals surface area contributed by atoms with E-state index in [1.165, 1.54) is 24.3 Å². The lowest BCUT2D eigenvalue weighted by Gasteiger charge is -2.39. The first-order valence-electron chi connectivity index (χ1n) is 14.8. The molecule has 0 radical (unpaired) electrons. The predicted octanol–water partition coefficient (Wildman–Crippen LogP) is 6.70. The number of ether oxygens (including phenoxy) is 2. The Hall–Kier alpha value is -3.57. The molecule has 2 aromatic carbocycles. The van der Waals surface area contributed by atoms with Gasteiger partial charge in [0, 0.05) is 36.3 Å². The van der Waals surface area contributed by atoms with Crippen LogP contribution in [-0.4, -0.2) is 54.4 Å². The molecule has 1 spiro atoms. The van der Waals surface area contributed by atoms with Gasteiger partial charge in [-0.3, -0.25) is 4.79 Å². The molecule has 0 amide bonds. The van der Waals surface area contributed by atoms with Crippen LogP contribution < -0.4 is 20.7 Å². The number of nitrogens with two attached hydrogens (primary N) is 1. The Bertz CT molecular complexity index is 1490. The summed E-state index contributed by atoms with van der Waals surface area (Å²) in [6, 6.07) is 12.7. The van der Waals surface area contributed by atoms with Gasteiger partial charge in [0.15, 0.2) is 0 Å². The first-order chi connectivity index (χ1) is 20.9. The molecular weight excluding hydrogens is 595 g/mol. The van der Waals surface area contributed by atoms with Crippen molar-refractivity contribution in [3.05, 3.63) is 64.7 Å². The molecule has 5 rings (SSSR count). The van der Waals surface area contributed by atoms with Gasteiger partial charge in [0.25, 0.3) is 0 Å². The van der Waals surface area contributed by atoms with E-state index in [9.17, 15) is 18.0 Å². The Kier molecular flexibility index (Phi) is 9.27. The summed E-state index contributed by atoms with van der Waals surface area (Å²) in [5, 5.41) is 3.59. The number of piperidine rings is 1. The van der Waals surface area contributed by atoms with Gasteiger partial charge in [0.1, 0.15) is 11.9 Å². The topological polar surface area (TPSA) is 103 Å². The minimum atomic E-state index is -4.78. The standard InChI is InChI=1S/C32H37ClF3N5O3/c1-4-43-29(42)25-17-31(18-38-25)10-12-41(13-11-31)26-16-27(40-30(37)39-26)44-28(32(34,35)36)23-9-8-22(33)15-24(23)21-7-5-6-20(14-21)19(2)3/h5-9,14-16,19,25,28,38H,4,10-13,17-18H2,1-3H3,(H2,37,39,40)/t25-,28+/m0/s1. The molecule has 3 aromatic rings. The molecule has 2 aliphatic heterocycles. The minimum absolute atomic E-state index is 0.0644. The summed E-state index contributed by atoms with van der Waals surface area (Å²) in [4.78, 5) is 22.5. The average molecular weight is 632 g/mol. The number of carbonyl (C=O) groups is 1. The lowest BCUT2D eigenvalue weighted by molar-refractivity contribution is -0.198. The smallest absolute Gasteiger partial charge is 0.429 e. The van der Waals surface area contributed by atoms with Crippen LogP contribution in [0.3, 0.4) is 0 Å². The van der Waals surface area contributed by atoms with Crippen LogP contribution >= 0.6 is 11.6 Å². The molecule has 0 aliphatic carbocycles. The van der Waals surface area contributed by atoms with Crippen molar-refractivity contribution < 1.29 is 27.4 Å². The van der Waals surface area contributed by atoms with Crippen molar-refractivity contribution >= 4 is 29.3 Å². The number of rotatable bonds is 8. The second kappa shape index (κ2) is 12.8. The minimum Gasteiger partial charge on any atom is -0.465 e. The molecule has 0 saturated carbocycles. The molecule has 12 heteroatoms. The summed E-state index contributed by atoms with van der Waals surface area (Å²) in [6.45, 7) is 8.02. The normalized spacial score (nSPS) is 18.9. The Labute approximate surface area is 260 Å². The fraction of sp³-hybridized carbons (Fsp3) is 0.469. The van der Waals surface area contributed by atoms with Crippen LogP contribution in [0, 0.1) is 5.41 Å². The molecule has 8 nitrogen and oxygen atoms in total. The van der Waals surface area contributed by atoms with Crippen molar-refractivity contribution in [2.45, 2.75) is 64.3 Å². The second-order valence-electron chi connectivity index (χ2n) is 11.9. The summed E-state index contributed by atoms with van der Waals surface area (Å²) < 4.78 is 54.8. The van der Waals surface area contributed by atoms with E-state index in [0.29, 0.717) is 54.6 Å². The highest BCUT2D eigenvalue weighted by Crippen LogP contribution is 2.44. The van der Waals surface area contributed by atoms with Gasteiger partial charge >= 0.3 is 12.1 Å². The summed E-state index contributed by atoms with van der Waals surface area (Å²) in [7, 11) is 0. The van der Waals surface area contributed by atoms with Crippen molar-refractivity contribution in [3.63, 3.8) is 0 Å². The van der Waals surface area contributed by atoms with Gasteiger partial charge in [-0.15, -0.1) is 0 Å². The lowest BCUT2D eigenvalue weighted by Crippen LogP contribution is -2.41. The Morgan fingerprint density at radius 3 is 2.59 bits per heavy atom. The Balaban J connectivity index is 1.39. The van der Waals surface area contributed by atoms with Gasteiger partial charge in [-0.05, 0) is 66.3 Å². The number of nitrogen functional groups attached to an aromatic ring is 1. The third kappa shape index (κ3) is 7.04. The van der Waals surface area contributed by atoms with Gasteiger partial charge in [-0.2, -0.15) is 23.1 Å². The fourth-order valence-corrected chi connectivity index (χ4v) is 6.24. The monoisotopic (exact) mass is 631 g/mol. The number of hydrogen-bond donors (Lipinski definition) is 2. The number of benzene rings is 2. The van der Waals surface area contributed by atoms with Gasteiger partial charge in [0.05, 0.1) is 6.61 Å². The third-order valence-electron chi connectivity index (χ3n) is 8.48. The van der Waals surface area contributed by atoms with E-state index >= 15 is 0 Å². The predicted molar refractivity (Wildman–Crippen MR) is 164 cm³/mol. The third-order valence-corrected chi connectivity index (χ3v) is 8.72. The summed E-state index contributed by atoms with van der Waals surface area (Å²) in [6.07, 6.45) is -4.90. The first-order valence-corrected chi connectivity index (χ1v) is 15.2. The molecule has 236 valence electrons. The molecule has 3 heterocycles. The number of carbonyl (C=O) groups excluding carboxylic acids is 1. The number of aromatic nitrogens is 2. The van der Waals surface area contributed by atoms with Crippen molar-refractivity contribution in [3.8, 4) is 17.0 Å². The highest BCUT2D eigenvalue weighted by atomic mass is 35.5. The maximum absolute atomic E-state index is 14.7. The largest absolute Gasteiger partial charge is 0.465 e. The SMILES string of the molecule is CCOC(=O)[C@@H]1CC2(CCN(c3cc(O[C@H](c4ccc(Cl)cc4-c4cccc(C(C)C)c4)C(F)(F)F)nc(N)n3)CC2)CN1. The molecule has 2 saturated heterocycles. The molecular formula is C32H37ClF3N5O3. The average Bonchev–Trinajstić information content (AvgIpc) is 3.39. The summed E-state index contributed by atoms with van der Waals surface area (Å²) >= 11 is 6.27. The molecule has 0 unspecified atom stereocenters. The van der Waals surface area contributed by atoms with Crippen LogP contribution in [0.25, 0.3) is 11.1 Å². The van der Waals surface area contributed by atoms with Gasteiger partial charge in [-0.1, -0.05) is 55.8 Å². The first kappa shape index (κ1) is 31.8. The number of halogens is 4. The second-order valence-corrected chi connectivity index (χ2v) is 12.3. The fourth-order valence-electron chi connectivity index (χ4n) is 6.07. The number of alkyl halides is 3. The van der Waals surface area contributed by atoms with Crippen LogP contribution in [0.5, 0.6) is 5.88 Å². The molecule has 3 N–H and O–H groups in total. The highest BCUT2D eigenvalue weighted by Gasteiger charge is 2.46. The molecule has 2 fully saturated rings. The molecule has 1 aromatic heterocycles. The number of anilines is 2. The van der Waals surface area contributed by atoms with Crippen molar-refractivity contribution in [1.82, 2.24) is 15.3 Å². The number of nitrogens with zero attached hydrogens (tertiary/aromatic N) is 3. The van der Waals surface area contributed by atoms with Gasteiger partial charge in [0.2, 0.25) is 17.9 Å². The van der Waals surface area contributed by atoms with Crippen LogP contribution in [0.1, 0.15) is 63.2 Å². The van der Waals surface area contributed by atoms with Crippen LogP contribution in [0.15, 0.2) is 48.5 Å². The van der Waals surface area contributed by atoms with Crippen molar-refractivity contribution in [2.24, 2.45) is 5.41 Å². The number of nitrogens with one attached hydrogen (secondary N) is 1. The Morgan fingerprint density at radius 2 is 1.91 bits per heavy atom. The Morgan fingerprint density at radius 1 is 1.16 bits per heavy atom.